The van der Waals surface area contributed by atoms with Crippen molar-refractivity contribution in [3.8, 4) is 0 Å². The Labute approximate surface area is 107 Å². The second-order valence-electron chi connectivity index (χ2n) is 2.38. The second-order valence-corrected chi connectivity index (χ2v) is 2.38. The van der Waals surface area contributed by atoms with Gasteiger partial charge in [0, 0.05) is 32.7 Å². The third-order valence-corrected chi connectivity index (χ3v) is 1.41. The molecule has 13 radical (unpaired) electrons. The molecule has 0 aromatic carbocycles. The fourth-order valence-electron chi connectivity index (χ4n) is 0.653. The van der Waals surface area contributed by atoms with Crippen LogP contribution in [0.25, 0.3) is 0 Å². The Morgan fingerprint density at radius 3 is 1.83 bits per heavy atom. The van der Waals surface area contributed by atoms with E-state index in [9.17, 15) is 4.79 Å². The van der Waals surface area contributed by atoms with Gasteiger partial charge in [-0.3, -0.25) is 12.8 Å². The van der Waals surface area contributed by atoms with Gasteiger partial charge >= 0.3 is 0 Å². The van der Waals surface area contributed by atoms with Crippen molar-refractivity contribution in [2.45, 2.75) is 0 Å². The Bertz CT molecular complexity index is 126. The first-order valence-corrected chi connectivity index (χ1v) is 3.16. The summed E-state index contributed by atoms with van der Waals surface area (Å²) in [5.41, 5.74) is 0. The predicted molar refractivity (Wildman–Crippen MR) is 57.5 cm³/mol. The molecule has 0 aliphatic carbocycles. The molecule has 0 atom stereocenters. The van der Waals surface area contributed by atoms with Crippen molar-refractivity contribution in [2.24, 2.45) is 0 Å². The largest absolute Gasteiger partial charge is 0.689 e. The van der Waals surface area contributed by atoms with Gasteiger partial charge in [0.25, 0.3) is 0 Å². The van der Waals surface area contributed by atoms with Crippen molar-refractivity contribution in [3.05, 3.63) is 0 Å². The SMILES string of the molecule is [B]B([B-])B([C-]=O)B([B])[B-]([B])[B].[Y]. The zero-order valence-corrected chi connectivity index (χ0v) is 9.52. The van der Waals surface area contributed by atoms with Crippen LogP contribution in [-0.2, 0) is 37.5 Å². The van der Waals surface area contributed by atoms with Crippen LogP contribution < -0.4 is 0 Å². The third-order valence-electron chi connectivity index (χ3n) is 1.41. The third kappa shape index (κ3) is 5.17. The molecule has 0 N–H and O–H groups in total. The summed E-state index contributed by atoms with van der Waals surface area (Å²) < 4.78 is 0. The maximum atomic E-state index is 10.2. The monoisotopic (exact) mass is 216 g/mol. The number of hydrogen-bond acceptors (Lipinski definition) is 1. The Balaban J connectivity index is 0. The van der Waals surface area contributed by atoms with E-state index in [4.69, 9.17) is 38.7 Å². The molecule has 12 heavy (non-hydrogen) atoms. The molecule has 1 nitrogen and oxygen atoms in total. The predicted octanol–water partition coefficient (Wildman–Crippen LogP) is -3.83. The molecule has 0 aromatic heterocycles. The van der Waals surface area contributed by atoms with Crippen molar-refractivity contribution < 1.29 is 37.5 Å². The van der Waals surface area contributed by atoms with Gasteiger partial charge in [0.1, 0.15) is 0 Å². The second kappa shape index (κ2) is 7.73. The normalized spacial score (nSPS) is 8.50. The van der Waals surface area contributed by atoms with Crippen LogP contribution in [0.4, 0.5) is 0 Å². The molecule has 0 aromatic rings. The summed E-state index contributed by atoms with van der Waals surface area (Å²) in [5, 5.41) is 0. The number of rotatable bonds is 4. The van der Waals surface area contributed by atoms with E-state index < -0.39 is 25.6 Å². The molecule has 11 heteroatoms. The molecular formula is CB9OY-3. The van der Waals surface area contributed by atoms with Crippen LogP contribution in [0.2, 0.25) is 0 Å². The van der Waals surface area contributed by atoms with Gasteiger partial charge in [-0.05, 0) is 15.5 Å². The molecule has 0 saturated heterocycles. The fourth-order valence-corrected chi connectivity index (χ4v) is 0.653. The van der Waals surface area contributed by atoms with Crippen LogP contribution >= 0.6 is 0 Å². The van der Waals surface area contributed by atoms with E-state index in [1.165, 1.54) is 0 Å². The van der Waals surface area contributed by atoms with E-state index >= 15 is 0 Å². The summed E-state index contributed by atoms with van der Waals surface area (Å²) >= 11 is 0. The summed E-state index contributed by atoms with van der Waals surface area (Å²) in [6, 6.07) is 0. The van der Waals surface area contributed by atoms with Crippen LogP contribution in [0, 0.1) is 0 Å². The standard InChI is InChI=1S/CB9O.Y/c2-8(3)7(1-11)10(6)9(4)5;/q-3;. The van der Waals surface area contributed by atoms with Gasteiger partial charge in [-0.15, -0.1) is 0 Å². The maximum Gasteiger partial charge on any atom is 0 e. The molecule has 0 saturated carbocycles. The van der Waals surface area contributed by atoms with Crippen LogP contribution in [0.15, 0.2) is 0 Å². The van der Waals surface area contributed by atoms with Gasteiger partial charge in [0.2, 0.25) is 0 Å². The zero-order valence-electron chi connectivity index (χ0n) is 6.68. The average Bonchev–Trinajstić information content (AvgIpc) is 1.88. The Morgan fingerprint density at radius 2 is 1.75 bits per heavy atom. The van der Waals surface area contributed by atoms with Crippen molar-refractivity contribution in [3.63, 3.8) is 0 Å². The van der Waals surface area contributed by atoms with Crippen LogP contribution in [0.1, 0.15) is 0 Å². The average molecular weight is 214 g/mol. The minimum absolute atomic E-state index is 0. The minimum atomic E-state index is -0.864. The van der Waals surface area contributed by atoms with Gasteiger partial charge < -0.3 is 18.7 Å². The van der Waals surface area contributed by atoms with E-state index in [0.717, 1.165) is 0 Å². The Kier molecular flexibility index (Phi) is 10.2. The summed E-state index contributed by atoms with van der Waals surface area (Å²) in [6.45, 7) is -0.810. The number of hydrogen-bond donors (Lipinski definition) is 0. The van der Waals surface area contributed by atoms with E-state index in [0.29, 0.717) is 0 Å². The molecule has 0 unspecified atom stereocenters. The molecule has 0 amide bonds. The van der Waals surface area contributed by atoms with E-state index in [1.54, 1.807) is 6.19 Å². The van der Waals surface area contributed by atoms with Crippen molar-refractivity contribution in [2.75, 3.05) is 0 Å². The Morgan fingerprint density at radius 1 is 1.33 bits per heavy atom. The first-order valence-electron chi connectivity index (χ1n) is 3.16. The van der Waals surface area contributed by atoms with Gasteiger partial charge in [0.05, 0.1) is 0 Å². The summed E-state index contributed by atoms with van der Waals surface area (Å²) in [5.74, 6) is 0. The topological polar surface area (TPSA) is 17.1 Å². The van der Waals surface area contributed by atoms with E-state index in [-0.39, 0.29) is 32.7 Å². The van der Waals surface area contributed by atoms with Crippen molar-refractivity contribution in [1.82, 2.24) is 0 Å². The van der Waals surface area contributed by atoms with Crippen molar-refractivity contribution >= 4 is 70.5 Å². The zero-order chi connectivity index (χ0) is 9.02. The quantitative estimate of drug-likeness (QED) is 0.346. The number of carbonyl (C=O) groups excluding carboxylic acids is 1. The molecule has 43 valence electrons. The molecule has 0 rings (SSSR count). The van der Waals surface area contributed by atoms with Crippen molar-refractivity contribution in [1.29, 1.82) is 0 Å². The fraction of sp³-hybridized carbons (Fsp3) is 0. The minimum Gasteiger partial charge on any atom is -0.689 e. The van der Waals surface area contributed by atoms with Gasteiger partial charge in [0.15, 0.2) is 0 Å². The Hall–Kier alpha value is 1.36. The van der Waals surface area contributed by atoms with E-state index in [1.807, 2.05) is 0 Å². The molecule has 0 fully saturated rings. The summed E-state index contributed by atoms with van der Waals surface area (Å²) in [4.78, 5) is 10.2. The van der Waals surface area contributed by atoms with Crippen LogP contribution in [0.5, 0.6) is 0 Å². The van der Waals surface area contributed by atoms with Crippen LogP contribution in [-0.4, -0.2) is 70.5 Å². The van der Waals surface area contributed by atoms with Crippen LogP contribution in [0.3, 0.4) is 0 Å². The first-order chi connectivity index (χ1) is 5.00. The molecule has 0 aliphatic heterocycles. The molecule has 0 bridgehead atoms. The smallest absolute Gasteiger partial charge is 0 e. The van der Waals surface area contributed by atoms with E-state index in [2.05, 4.69) is 0 Å². The molecular weight excluding hydrogens is 214 g/mol. The molecule has 0 spiro atoms. The maximum absolute atomic E-state index is 10.2. The van der Waals surface area contributed by atoms with Gasteiger partial charge in [-0.2, -0.15) is 12.9 Å². The first kappa shape index (κ1) is 15.8. The summed E-state index contributed by atoms with van der Waals surface area (Å²) in [7, 11) is 26.2. The molecule has 0 aliphatic rings. The van der Waals surface area contributed by atoms with Gasteiger partial charge in [-0.1, -0.05) is 0 Å². The summed E-state index contributed by atoms with van der Waals surface area (Å²) in [6.07, 6.45) is -0.818. The molecule has 0 heterocycles. The van der Waals surface area contributed by atoms with Gasteiger partial charge in [-0.25, -0.2) is 15.5 Å².